The van der Waals surface area contributed by atoms with Crippen LogP contribution in [-0.2, 0) is 7.05 Å². The molecule has 0 aliphatic carbocycles. The molecule has 0 amide bonds. The second-order valence-corrected chi connectivity index (χ2v) is 6.36. The average Bonchev–Trinajstić information content (AvgIpc) is 2.77. The van der Waals surface area contributed by atoms with Crippen LogP contribution in [-0.4, -0.2) is 9.78 Å². The monoisotopic (exact) mass is 343 g/mol. The van der Waals surface area contributed by atoms with Crippen molar-refractivity contribution in [2.75, 3.05) is 5.32 Å². The first-order chi connectivity index (χ1) is 11.4. The quantitative estimate of drug-likeness (QED) is 0.675. The average molecular weight is 344 g/mol. The summed E-state index contributed by atoms with van der Waals surface area (Å²) in [5.74, 6) is 0.480. The molecule has 0 atom stereocenters. The third-order valence-corrected chi connectivity index (χ3v) is 4.46. The normalized spacial score (nSPS) is 10.9. The Morgan fingerprint density at radius 1 is 1.08 bits per heavy atom. The minimum absolute atomic E-state index is 0.352. The highest BCUT2D eigenvalue weighted by Gasteiger charge is 2.19. The number of rotatable bonds is 3. The summed E-state index contributed by atoms with van der Waals surface area (Å²) in [6.45, 7) is 6.04. The van der Waals surface area contributed by atoms with Crippen molar-refractivity contribution in [2.45, 2.75) is 20.8 Å². The lowest BCUT2D eigenvalue weighted by molar-refractivity contribution is 0.628. The minimum Gasteiger partial charge on any atom is -0.339 e. The van der Waals surface area contributed by atoms with Gasteiger partial charge in [0.15, 0.2) is 0 Å². The van der Waals surface area contributed by atoms with E-state index >= 15 is 0 Å². The van der Waals surface area contributed by atoms with E-state index in [0.29, 0.717) is 5.02 Å². The van der Waals surface area contributed by atoms with E-state index in [0.717, 1.165) is 39.5 Å². The first-order valence-corrected chi connectivity index (χ1v) is 8.08. The number of para-hydroxylation sites is 1. The molecule has 1 aromatic heterocycles. The van der Waals surface area contributed by atoms with Crippen LogP contribution in [0.5, 0.6) is 0 Å². The van der Waals surface area contributed by atoms with E-state index in [-0.39, 0.29) is 5.82 Å². The van der Waals surface area contributed by atoms with Gasteiger partial charge in [0.2, 0.25) is 0 Å². The highest BCUT2D eigenvalue weighted by molar-refractivity contribution is 6.33. The van der Waals surface area contributed by atoms with Gasteiger partial charge in [-0.25, -0.2) is 4.39 Å². The van der Waals surface area contributed by atoms with Crippen LogP contribution in [0, 0.1) is 26.6 Å². The Hall–Kier alpha value is -2.33. The van der Waals surface area contributed by atoms with Crippen LogP contribution in [0.1, 0.15) is 16.8 Å². The summed E-state index contributed by atoms with van der Waals surface area (Å²) in [6, 6.07) is 10.6. The van der Waals surface area contributed by atoms with Gasteiger partial charge in [-0.15, -0.1) is 0 Å². The summed E-state index contributed by atoms with van der Waals surface area (Å²) >= 11 is 6.28. The third kappa shape index (κ3) is 2.89. The van der Waals surface area contributed by atoms with Gasteiger partial charge < -0.3 is 5.32 Å². The van der Waals surface area contributed by atoms with Crippen molar-refractivity contribution in [1.82, 2.24) is 9.78 Å². The van der Waals surface area contributed by atoms with Gasteiger partial charge in [-0.1, -0.05) is 29.8 Å². The Morgan fingerprint density at radius 3 is 2.38 bits per heavy atom. The van der Waals surface area contributed by atoms with E-state index in [9.17, 15) is 4.39 Å². The van der Waals surface area contributed by atoms with Crippen molar-refractivity contribution in [3.63, 3.8) is 0 Å². The highest BCUT2D eigenvalue weighted by Crippen LogP contribution is 2.38. The van der Waals surface area contributed by atoms with Crippen LogP contribution in [0.2, 0.25) is 5.02 Å². The third-order valence-electron chi connectivity index (χ3n) is 4.15. The summed E-state index contributed by atoms with van der Waals surface area (Å²) in [6.07, 6.45) is 0. The number of aryl methyl sites for hydroxylation is 4. The lowest BCUT2D eigenvalue weighted by Gasteiger charge is -2.15. The van der Waals surface area contributed by atoms with Crippen LogP contribution in [0.3, 0.4) is 0 Å². The van der Waals surface area contributed by atoms with Crippen LogP contribution >= 0.6 is 11.6 Å². The zero-order valence-electron chi connectivity index (χ0n) is 14.1. The molecule has 0 unspecified atom stereocenters. The van der Waals surface area contributed by atoms with Crippen molar-refractivity contribution in [3.05, 3.63) is 64.1 Å². The molecule has 1 N–H and O–H groups in total. The molecule has 0 spiro atoms. The second-order valence-electron chi connectivity index (χ2n) is 5.95. The van der Waals surface area contributed by atoms with Gasteiger partial charge in [0, 0.05) is 23.9 Å². The molecule has 0 saturated heterocycles. The summed E-state index contributed by atoms with van der Waals surface area (Å²) in [7, 11) is 1.88. The molecule has 24 heavy (non-hydrogen) atoms. The van der Waals surface area contributed by atoms with Gasteiger partial charge in [-0.2, -0.15) is 5.10 Å². The molecule has 0 saturated carbocycles. The Morgan fingerprint density at radius 2 is 1.75 bits per heavy atom. The van der Waals surface area contributed by atoms with Gasteiger partial charge in [0.25, 0.3) is 0 Å². The predicted octanol–water partition coefficient (Wildman–Crippen LogP) is 5.55. The number of hydrogen-bond acceptors (Lipinski definition) is 2. The predicted molar refractivity (Wildman–Crippen MR) is 97.5 cm³/mol. The molecule has 1 heterocycles. The fourth-order valence-corrected chi connectivity index (χ4v) is 3.21. The first-order valence-electron chi connectivity index (χ1n) is 7.70. The first kappa shape index (κ1) is 16.5. The number of aromatic nitrogens is 2. The van der Waals surface area contributed by atoms with Gasteiger partial charge in [0.05, 0.1) is 10.7 Å². The summed E-state index contributed by atoms with van der Waals surface area (Å²) in [4.78, 5) is 0. The van der Waals surface area contributed by atoms with E-state index in [1.807, 2.05) is 20.0 Å². The van der Waals surface area contributed by atoms with Crippen LogP contribution < -0.4 is 5.32 Å². The SMILES string of the molecule is Cc1cccc(C)c1Nc1c(-c2ccc(F)cc2Cl)c(C)nn1C. The number of nitrogens with zero attached hydrogens (tertiary/aromatic N) is 2. The topological polar surface area (TPSA) is 29.9 Å². The Kier molecular flexibility index (Phi) is 4.33. The maximum atomic E-state index is 13.4. The van der Waals surface area contributed by atoms with Crippen molar-refractivity contribution < 1.29 is 4.39 Å². The van der Waals surface area contributed by atoms with E-state index < -0.39 is 0 Å². The van der Waals surface area contributed by atoms with Gasteiger partial charge >= 0.3 is 0 Å². The molecule has 3 nitrogen and oxygen atoms in total. The van der Waals surface area contributed by atoms with Crippen molar-refractivity contribution in [1.29, 1.82) is 0 Å². The molecule has 2 aromatic carbocycles. The summed E-state index contributed by atoms with van der Waals surface area (Å²) in [5.41, 5.74) is 5.80. The standard InChI is InChI=1S/C19H19ClFN3/c1-11-6-5-7-12(2)18(11)22-19-17(13(3)23-24(19)4)15-9-8-14(21)10-16(15)20/h5-10,22H,1-4H3. The summed E-state index contributed by atoms with van der Waals surface area (Å²) < 4.78 is 15.2. The van der Waals surface area contributed by atoms with Gasteiger partial charge in [-0.3, -0.25) is 4.68 Å². The Labute approximate surface area is 146 Å². The number of hydrogen-bond donors (Lipinski definition) is 1. The molecule has 0 bridgehead atoms. The van der Waals surface area contributed by atoms with Crippen molar-refractivity contribution >= 4 is 23.1 Å². The largest absolute Gasteiger partial charge is 0.339 e. The summed E-state index contributed by atoms with van der Waals surface area (Å²) in [5, 5.41) is 8.37. The van der Waals surface area contributed by atoms with Crippen molar-refractivity contribution in [3.8, 4) is 11.1 Å². The Bertz CT molecular complexity index is 895. The molecule has 3 rings (SSSR count). The number of halogens is 2. The second kappa shape index (κ2) is 6.29. The van der Waals surface area contributed by atoms with E-state index in [2.05, 4.69) is 36.4 Å². The smallest absolute Gasteiger partial charge is 0.136 e. The minimum atomic E-state index is -0.352. The molecule has 0 aliphatic rings. The fraction of sp³-hybridized carbons (Fsp3) is 0.211. The van der Waals surface area contributed by atoms with E-state index in [1.165, 1.54) is 12.1 Å². The maximum Gasteiger partial charge on any atom is 0.136 e. The van der Waals surface area contributed by atoms with Gasteiger partial charge in [-0.05, 0) is 50.1 Å². The highest BCUT2D eigenvalue weighted by atomic mass is 35.5. The number of benzene rings is 2. The zero-order valence-corrected chi connectivity index (χ0v) is 14.9. The maximum absolute atomic E-state index is 13.4. The lowest BCUT2D eigenvalue weighted by atomic mass is 10.0. The van der Waals surface area contributed by atoms with Crippen LogP contribution in [0.15, 0.2) is 36.4 Å². The van der Waals surface area contributed by atoms with Crippen molar-refractivity contribution in [2.24, 2.45) is 7.05 Å². The van der Waals surface area contributed by atoms with Crippen LogP contribution in [0.25, 0.3) is 11.1 Å². The van der Waals surface area contributed by atoms with E-state index in [4.69, 9.17) is 11.6 Å². The van der Waals surface area contributed by atoms with Gasteiger partial charge in [0.1, 0.15) is 11.6 Å². The molecular formula is C19H19ClFN3. The molecule has 0 fully saturated rings. The molecule has 0 radical (unpaired) electrons. The molecule has 0 aliphatic heterocycles. The molecular weight excluding hydrogens is 325 g/mol. The fourth-order valence-electron chi connectivity index (χ4n) is 2.95. The lowest BCUT2D eigenvalue weighted by Crippen LogP contribution is -2.03. The Balaban J connectivity index is 2.16. The number of nitrogens with one attached hydrogen (secondary N) is 1. The molecule has 3 aromatic rings. The molecule has 5 heteroatoms. The number of anilines is 2. The molecule has 124 valence electrons. The van der Waals surface area contributed by atoms with E-state index in [1.54, 1.807) is 10.7 Å². The zero-order chi connectivity index (χ0) is 17.4. The van der Waals surface area contributed by atoms with Crippen LogP contribution in [0.4, 0.5) is 15.9 Å².